The Labute approximate surface area is 113 Å². The third-order valence-corrected chi connectivity index (χ3v) is 4.82. The van der Waals surface area contributed by atoms with Gasteiger partial charge < -0.3 is 5.73 Å². The molecule has 18 heavy (non-hydrogen) atoms. The summed E-state index contributed by atoms with van der Waals surface area (Å²) < 4.78 is 14.1. The summed E-state index contributed by atoms with van der Waals surface area (Å²) in [6.07, 6.45) is 1.19. The lowest BCUT2D eigenvalue weighted by molar-refractivity contribution is 0.269. The van der Waals surface area contributed by atoms with Crippen molar-refractivity contribution in [1.29, 1.82) is 0 Å². The third kappa shape index (κ3) is 3.25. The van der Waals surface area contributed by atoms with Crippen LogP contribution in [0.2, 0.25) is 0 Å². The molecule has 1 heterocycles. The Morgan fingerprint density at radius 3 is 2.94 bits per heavy atom. The summed E-state index contributed by atoms with van der Waals surface area (Å²) in [5.74, 6) is 1.03. The lowest BCUT2D eigenvalue weighted by Crippen LogP contribution is -2.37. The Bertz CT molecular complexity index is 397. The monoisotopic (exact) mass is 268 g/mol. The Balaban J connectivity index is 2.04. The zero-order valence-electron chi connectivity index (χ0n) is 10.9. The first-order valence-electron chi connectivity index (χ1n) is 6.55. The van der Waals surface area contributed by atoms with Gasteiger partial charge >= 0.3 is 0 Å². The number of nitrogens with zero attached hydrogens (tertiary/aromatic N) is 1. The molecule has 0 aromatic heterocycles. The van der Waals surface area contributed by atoms with E-state index in [9.17, 15) is 4.39 Å². The van der Waals surface area contributed by atoms with Gasteiger partial charge in [0.15, 0.2) is 0 Å². The van der Waals surface area contributed by atoms with Gasteiger partial charge in [0, 0.05) is 48.3 Å². The smallest absolute Gasteiger partial charge is 0.132 e. The van der Waals surface area contributed by atoms with E-state index < -0.39 is 0 Å². The molecule has 100 valence electrons. The van der Waals surface area contributed by atoms with Crippen molar-refractivity contribution in [3.05, 3.63) is 35.1 Å². The van der Waals surface area contributed by atoms with Crippen molar-refractivity contribution in [2.24, 2.45) is 5.73 Å². The quantitative estimate of drug-likeness (QED) is 0.910. The molecule has 0 amide bonds. The van der Waals surface area contributed by atoms with Crippen LogP contribution in [0, 0.1) is 5.82 Å². The zero-order valence-corrected chi connectivity index (χ0v) is 11.7. The van der Waals surface area contributed by atoms with Crippen LogP contribution in [0.15, 0.2) is 18.2 Å². The van der Waals surface area contributed by atoms with Crippen LogP contribution in [-0.2, 0) is 13.1 Å². The predicted octanol–water partition coefficient (Wildman–Crippen LogP) is 2.61. The molecular formula is C14H21FN2S. The fourth-order valence-corrected chi connectivity index (χ4v) is 3.57. The van der Waals surface area contributed by atoms with Crippen LogP contribution in [-0.4, -0.2) is 29.0 Å². The van der Waals surface area contributed by atoms with Gasteiger partial charge in [-0.25, -0.2) is 4.39 Å². The number of hydrogen-bond donors (Lipinski definition) is 1. The average Bonchev–Trinajstić information content (AvgIpc) is 2.41. The summed E-state index contributed by atoms with van der Waals surface area (Å²) in [6, 6.07) is 5.54. The first-order valence-corrected chi connectivity index (χ1v) is 7.59. The summed E-state index contributed by atoms with van der Waals surface area (Å²) in [6.45, 7) is 5.31. The number of thioether (sulfide) groups is 1. The van der Waals surface area contributed by atoms with Crippen LogP contribution in [0.4, 0.5) is 4.39 Å². The number of rotatable bonds is 4. The van der Waals surface area contributed by atoms with E-state index >= 15 is 0 Å². The average molecular weight is 268 g/mol. The fourth-order valence-electron chi connectivity index (χ4n) is 2.32. The molecule has 0 aliphatic carbocycles. The maximum atomic E-state index is 14.1. The summed E-state index contributed by atoms with van der Waals surface area (Å²) in [7, 11) is 0. The molecule has 1 atom stereocenters. The van der Waals surface area contributed by atoms with Crippen LogP contribution >= 0.6 is 11.8 Å². The molecule has 0 radical (unpaired) electrons. The van der Waals surface area contributed by atoms with Gasteiger partial charge in [-0.3, -0.25) is 4.90 Å². The second kappa shape index (κ2) is 6.55. The Morgan fingerprint density at radius 2 is 2.22 bits per heavy atom. The molecule has 0 bridgehead atoms. The lowest BCUT2D eigenvalue weighted by atomic mass is 10.1. The van der Waals surface area contributed by atoms with Gasteiger partial charge in [0.05, 0.1) is 0 Å². The fraction of sp³-hybridized carbons (Fsp3) is 0.571. The van der Waals surface area contributed by atoms with Crippen LogP contribution in [0.5, 0.6) is 0 Å². The largest absolute Gasteiger partial charge is 0.326 e. The highest BCUT2D eigenvalue weighted by Crippen LogP contribution is 2.23. The Morgan fingerprint density at radius 1 is 1.44 bits per heavy atom. The minimum atomic E-state index is -0.119. The van der Waals surface area contributed by atoms with Gasteiger partial charge in [0.2, 0.25) is 0 Å². The predicted molar refractivity (Wildman–Crippen MR) is 76.1 cm³/mol. The van der Waals surface area contributed by atoms with Crippen molar-refractivity contribution in [3.63, 3.8) is 0 Å². The number of nitrogens with two attached hydrogens (primary N) is 1. The molecule has 1 saturated heterocycles. The molecule has 1 fully saturated rings. The molecule has 1 aromatic rings. The molecule has 1 aliphatic rings. The lowest BCUT2D eigenvalue weighted by Gasteiger charge is -2.32. The van der Waals surface area contributed by atoms with Crippen molar-refractivity contribution in [1.82, 2.24) is 4.90 Å². The minimum Gasteiger partial charge on any atom is -0.326 e. The van der Waals surface area contributed by atoms with Crippen LogP contribution in [0.25, 0.3) is 0 Å². The van der Waals surface area contributed by atoms with Gasteiger partial charge in [0.25, 0.3) is 0 Å². The topological polar surface area (TPSA) is 29.3 Å². The van der Waals surface area contributed by atoms with Crippen molar-refractivity contribution in [3.8, 4) is 0 Å². The third-order valence-electron chi connectivity index (χ3n) is 3.45. The van der Waals surface area contributed by atoms with E-state index in [2.05, 4.69) is 11.8 Å². The molecule has 1 unspecified atom stereocenters. The van der Waals surface area contributed by atoms with Crippen molar-refractivity contribution < 1.29 is 4.39 Å². The zero-order chi connectivity index (χ0) is 13.0. The number of hydrogen-bond acceptors (Lipinski definition) is 3. The van der Waals surface area contributed by atoms with E-state index in [1.807, 2.05) is 23.9 Å². The summed E-state index contributed by atoms with van der Waals surface area (Å²) in [5, 5.41) is 0.694. The van der Waals surface area contributed by atoms with Crippen molar-refractivity contribution in [2.75, 3.05) is 18.8 Å². The molecule has 4 heteroatoms. The molecule has 0 spiro atoms. The highest BCUT2D eigenvalue weighted by atomic mass is 32.2. The van der Waals surface area contributed by atoms with E-state index in [1.165, 1.54) is 6.42 Å². The van der Waals surface area contributed by atoms with E-state index in [1.54, 1.807) is 6.07 Å². The van der Waals surface area contributed by atoms with Gasteiger partial charge in [0.1, 0.15) is 5.82 Å². The molecule has 2 rings (SSSR count). The van der Waals surface area contributed by atoms with E-state index in [0.29, 0.717) is 17.4 Å². The number of halogens is 1. The van der Waals surface area contributed by atoms with Gasteiger partial charge in [-0.15, -0.1) is 0 Å². The van der Waals surface area contributed by atoms with Crippen molar-refractivity contribution in [2.45, 2.75) is 31.7 Å². The maximum absolute atomic E-state index is 14.1. The van der Waals surface area contributed by atoms with Crippen LogP contribution in [0.3, 0.4) is 0 Å². The summed E-state index contributed by atoms with van der Waals surface area (Å²) in [5.41, 5.74) is 6.93. The van der Waals surface area contributed by atoms with E-state index in [0.717, 1.165) is 24.4 Å². The minimum absolute atomic E-state index is 0.119. The van der Waals surface area contributed by atoms with Gasteiger partial charge in [-0.1, -0.05) is 25.1 Å². The molecule has 1 aliphatic heterocycles. The van der Waals surface area contributed by atoms with E-state index in [-0.39, 0.29) is 12.4 Å². The second-order valence-corrected chi connectivity index (χ2v) is 6.14. The van der Waals surface area contributed by atoms with Crippen LogP contribution < -0.4 is 5.73 Å². The van der Waals surface area contributed by atoms with Gasteiger partial charge in [-0.2, -0.15) is 11.8 Å². The SMILES string of the molecule is CCC1CN(Cc2cccc(CN)c2F)CCS1. The van der Waals surface area contributed by atoms with Crippen LogP contribution in [0.1, 0.15) is 24.5 Å². The van der Waals surface area contributed by atoms with E-state index in [4.69, 9.17) is 5.73 Å². The maximum Gasteiger partial charge on any atom is 0.132 e. The summed E-state index contributed by atoms with van der Waals surface area (Å²) >= 11 is 2.03. The normalized spacial score (nSPS) is 21.2. The number of benzene rings is 1. The highest BCUT2D eigenvalue weighted by Gasteiger charge is 2.20. The first-order chi connectivity index (χ1) is 8.74. The standard InChI is InChI=1S/C14H21FN2S/c1-2-13-10-17(6-7-18-13)9-12-5-3-4-11(8-16)14(12)15/h3-5,13H,2,6-10,16H2,1H3. The molecule has 2 nitrogen and oxygen atoms in total. The molecule has 2 N–H and O–H groups in total. The van der Waals surface area contributed by atoms with Gasteiger partial charge in [-0.05, 0) is 6.42 Å². The molecule has 0 saturated carbocycles. The Kier molecular flexibility index (Phi) is 5.03. The van der Waals surface area contributed by atoms with Crippen molar-refractivity contribution >= 4 is 11.8 Å². The highest BCUT2D eigenvalue weighted by molar-refractivity contribution is 8.00. The second-order valence-electron chi connectivity index (χ2n) is 4.73. The molecule has 1 aromatic carbocycles. The first kappa shape index (κ1) is 13.8. The summed E-state index contributed by atoms with van der Waals surface area (Å²) in [4.78, 5) is 2.35. The molecular weight excluding hydrogens is 247 g/mol. The Hall–Kier alpha value is -0.580.